The Morgan fingerprint density at radius 1 is 0.977 bits per heavy atom. The predicted molar refractivity (Wildman–Crippen MR) is 158 cm³/mol. The van der Waals surface area contributed by atoms with Gasteiger partial charge in [0.1, 0.15) is 0 Å². The second kappa shape index (κ2) is 13.7. The molecule has 1 fully saturated rings. The van der Waals surface area contributed by atoms with Crippen molar-refractivity contribution in [3.63, 3.8) is 0 Å². The summed E-state index contributed by atoms with van der Waals surface area (Å²) in [5, 5.41) is 37.7. The summed E-state index contributed by atoms with van der Waals surface area (Å²) >= 11 is 0. The molecule has 5 aliphatic heterocycles. The molecule has 8 bridgehead atoms. The first-order valence-corrected chi connectivity index (χ1v) is 13.9. The Balaban J connectivity index is 0.00000253. The summed E-state index contributed by atoms with van der Waals surface area (Å²) in [7, 11) is 0. The number of aliphatic hydroxyl groups is 1. The summed E-state index contributed by atoms with van der Waals surface area (Å²) in [6.07, 6.45) is 8.63. The zero-order chi connectivity index (χ0) is 29.7. The Labute approximate surface area is 297 Å². The fraction of sp³-hybridized carbons (Fsp3) is 0.333. The molecule has 8 nitrogen and oxygen atoms in total. The first-order valence-electron chi connectivity index (χ1n) is 13.9. The van der Waals surface area contributed by atoms with Gasteiger partial charge < -0.3 is 25.4 Å². The number of hydrogen-bond donors (Lipinski definition) is 2. The Morgan fingerprint density at radius 3 is 2.23 bits per heavy atom. The van der Waals surface area contributed by atoms with Gasteiger partial charge >= 0.3 is 59.1 Å². The van der Waals surface area contributed by atoms with E-state index >= 15 is 0 Å². The van der Waals surface area contributed by atoms with E-state index in [4.69, 9.17) is 15.0 Å². The number of aliphatic hydroxyl groups excluding tert-OH is 1. The van der Waals surface area contributed by atoms with Gasteiger partial charge in [0.2, 0.25) is 0 Å². The number of rotatable bonds is 5. The molecule has 10 heteroatoms. The molecule has 0 aromatic carbocycles. The number of fused-ring (bicyclic) bond motifs is 5. The number of aliphatic imine (C=N–C) groups is 3. The molecule has 2 N–H and O–H groups in total. The van der Waals surface area contributed by atoms with Crippen LogP contribution < -0.4 is 74.6 Å². The predicted octanol–water partition coefficient (Wildman–Crippen LogP) is -1.68. The SMILES string of the molecule is C=CC1=C(C)C2=NC1=CC1=NC(=CC3=C(C)/C(=C(\[O-])O)C(=N3)C(C)=C3NC(=C2)[C@@H](C)[C@@H]3CCC(=O)[O-])C(CC)=C1C.[Na+].[Na+]. The van der Waals surface area contributed by atoms with Crippen LogP contribution in [0, 0.1) is 11.8 Å². The van der Waals surface area contributed by atoms with Crippen LogP contribution in [0.25, 0.3) is 0 Å². The second-order valence-electron chi connectivity index (χ2n) is 11.0. The Morgan fingerprint density at radius 2 is 1.63 bits per heavy atom. The second-order valence-corrected chi connectivity index (χ2v) is 11.0. The Kier molecular flexibility index (Phi) is 11.1. The fourth-order valence-electron chi connectivity index (χ4n) is 6.26. The average molecular weight is 597 g/mol. The van der Waals surface area contributed by atoms with E-state index in [1.165, 1.54) is 0 Å². The van der Waals surface area contributed by atoms with Gasteiger partial charge in [-0.15, -0.1) is 0 Å². The molecule has 0 spiro atoms. The molecule has 212 valence electrons. The molecule has 0 aromatic heterocycles. The van der Waals surface area contributed by atoms with E-state index in [2.05, 4.69) is 18.8 Å². The number of carbonyl (C=O) groups excluding carboxylic acids is 1. The molecule has 5 aliphatic rings. The summed E-state index contributed by atoms with van der Waals surface area (Å²) in [6, 6.07) is 0. The molecule has 5 heterocycles. The molecular weight excluding hydrogens is 562 g/mol. The zero-order valence-electron chi connectivity index (χ0n) is 26.3. The van der Waals surface area contributed by atoms with Crippen molar-refractivity contribution in [3.8, 4) is 0 Å². The molecule has 43 heavy (non-hydrogen) atoms. The topological polar surface area (TPSA) is 133 Å². The minimum absolute atomic E-state index is 0. The molecule has 0 amide bonds. The molecule has 0 aromatic rings. The van der Waals surface area contributed by atoms with Crippen molar-refractivity contribution in [1.82, 2.24) is 5.32 Å². The van der Waals surface area contributed by atoms with Gasteiger partial charge in [-0.3, -0.25) is 0 Å². The largest absolute Gasteiger partial charge is 1.00 e. The van der Waals surface area contributed by atoms with Gasteiger partial charge in [-0.1, -0.05) is 26.5 Å². The first kappa shape index (κ1) is 35.0. The van der Waals surface area contributed by atoms with Crippen LogP contribution in [0.2, 0.25) is 0 Å². The van der Waals surface area contributed by atoms with Crippen LogP contribution >= 0.6 is 0 Å². The maximum absolute atomic E-state index is 12.5. The summed E-state index contributed by atoms with van der Waals surface area (Å²) in [5.74, 6) is -2.46. The van der Waals surface area contributed by atoms with E-state index in [9.17, 15) is 20.1 Å². The number of carboxylic acids is 1. The number of carbonyl (C=O) groups is 1. The van der Waals surface area contributed by atoms with Gasteiger partial charge in [0, 0.05) is 40.3 Å². The molecule has 2 atom stereocenters. The monoisotopic (exact) mass is 596 g/mol. The van der Waals surface area contributed by atoms with Crippen molar-refractivity contribution in [3.05, 3.63) is 104 Å². The number of nitrogens with zero attached hydrogens (tertiary/aromatic N) is 3. The molecule has 0 saturated carbocycles. The zero-order valence-corrected chi connectivity index (χ0v) is 30.3. The van der Waals surface area contributed by atoms with E-state index < -0.39 is 11.9 Å². The van der Waals surface area contributed by atoms with E-state index in [1.54, 1.807) is 6.92 Å². The number of allylic oxidation sites excluding steroid dienone is 12. The van der Waals surface area contributed by atoms with Crippen LogP contribution in [0.5, 0.6) is 0 Å². The van der Waals surface area contributed by atoms with Gasteiger partial charge in [0.25, 0.3) is 0 Å². The van der Waals surface area contributed by atoms with Crippen LogP contribution in [0.1, 0.15) is 60.8 Å². The van der Waals surface area contributed by atoms with Crippen molar-refractivity contribution >= 4 is 23.1 Å². The fourth-order valence-corrected chi connectivity index (χ4v) is 6.26. The third-order valence-electron chi connectivity index (χ3n) is 8.69. The van der Waals surface area contributed by atoms with Gasteiger partial charge in [0.05, 0.1) is 40.2 Å². The smallest absolute Gasteiger partial charge is 0.629 e. The average Bonchev–Trinajstić information content (AvgIpc) is 3.60. The van der Waals surface area contributed by atoms with Gasteiger partial charge in [0.15, 0.2) is 0 Å². The number of nitrogens with one attached hydrogen (secondary N) is 1. The van der Waals surface area contributed by atoms with Crippen LogP contribution in [-0.2, 0) is 4.79 Å². The summed E-state index contributed by atoms with van der Waals surface area (Å²) < 4.78 is 0. The quantitative estimate of drug-likeness (QED) is 0.289. The van der Waals surface area contributed by atoms with Crippen LogP contribution in [0.3, 0.4) is 0 Å². The van der Waals surface area contributed by atoms with Gasteiger partial charge in [-0.05, 0) is 93.1 Å². The van der Waals surface area contributed by atoms with Gasteiger partial charge in [-0.2, -0.15) is 0 Å². The Bertz CT molecular complexity index is 1650. The van der Waals surface area contributed by atoms with E-state index in [0.717, 1.165) is 62.9 Å². The third-order valence-corrected chi connectivity index (χ3v) is 8.69. The van der Waals surface area contributed by atoms with Crippen LogP contribution in [0.4, 0.5) is 0 Å². The first-order chi connectivity index (χ1) is 19.5. The molecule has 0 unspecified atom stereocenters. The Hall–Kier alpha value is -2.46. The van der Waals surface area contributed by atoms with E-state index in [1.807, 2.05) is 52.0 Å². The van der Waals surface area contributed by atoms with Crippen molar-refractivity contribution in [2.75, 3.05) is 0 Å². The van der Waals surface area contributed by atoms with E-state index in [-0.39, 0.29) is 82.9 Å². The minimum Gasteiger partial charge on any atom is -0.629 e. The van der Waals surface area contributed by atoms with Crippen LogP contribution in [-0.4, -0.2) is 28.2 Å². The summed E-state index contributed by atoms with van der Waals surface area (Å²) in [4.78, 5) is 26.2. The van der Waals surface area contributed by atoms with Crippen molar-refractivity contribution in [1.29, 1.82) is 0 Å². The maximum atomic E-state index is 12.5. The number of aliphatic carboxylic acids is 1. The molecule has 1 saturated heterocycles. The van der Waals surface area contributed by atoms with Crippen molar-refractivity contribution in [2.24, 2.45) is 26.8 Å². The minimum atomic E-state index is -1.12. The summed E-state index contributed by atoms with van der Waals surface area (Å²) in [6.45, 7) is 15.8. The number of carboxylic acid groups (broad SMARTS) is 1. The van der Waals surface area contributed by atoms with Gasteiger partial charge in [-0.25, -0.2) is 15.0 Å². The molecule has 5 rings (SSSR count). The van der Waals surface area contributed by atoms with E-state index in [0.29, 0.717) is 29.0 Å². The third kappa shape index (κ3) is 6.23. The molecule has 0 radical (unpaired) electrons. The molecule has 0 aliphatic carbocycles. The standard InChI is InChI=1S/C33H36N4O4.2Na/c1-8-20-15(3)23-12-25-17(5)22(10-11-29(38)39)31(36-25)19(7)32-30(33(40)41)18(6)26(37-32)14-28-21(9-2)16(4)24(35-28)13-27(20)34-23;;/h8,12-14,17,22,36,40-41H,1,9-11H2,2-7H3,(H,38,39);;/q;2*+1/p-2/t17-,22-;;/m0../s1. The number of hydrogen-bond acceptors (Lipinski definition) is 8. The van der Waals surface area contributed by atoms with Crippen molar-refractivity contribution < 1.29 is 79.2 Å². The normalized spacial score (nSPS) is 24.0. The van der Waals surface area contributed by atoms with Crippen LogP contribution in [0.15, 0.2) is 119 Å². The maximum Gasteiger partial charge on any atom is 1.00 e. The summed E-state index contributed by atoms with van der Waals surface area (Å²) in [5.41, 5.74) is 11.1. The molecular formula is C33H34N4Na2O4. The van der Waals surface area contributed by atoms with Crippen molar-refractivity contribution in [2.45, 2.75) is 60.8 Å².